The fourth-order valence-corrected chi connectivity index (χ4v) is 2.68. The Kier molecular flexibility index (Phi) is 6.35. The molecule has 1 aliphatic rings. The second-order valence-electron chi connectivity index (χ2n) is 6.04. The minimum absolute atomic E-state index is 0.0320. The van der Waals surface area contributed by atoms with Crippen LogP contribution in [0.2, 0.25) is 0 Å². The number of ether oxygens (including phenoxy) is 1. The maximum absolute atomic E-state index is 11.9. The molecule has 24 heavy (non-hydrogen) atoms. The number of benzene rings is 1. The molecule has 0 aromatic heterocycles. The van der Waals surface area contributed by atoms with Gasteiger partial charge in [-0.25, -0.2) is 0 Å². The molecule has 1 aliphatic heterocycles. The minimum Gasteiger partial charge on any atom is -0.497 e. The van der Waals surface area contributed by atoms with Crippen molar-refractivity contribution < 1.29 is 19.1 Å². The van der Waals surface area contributed by atoms with Gasteiger partial charge in [-0.05, 0) is 37.5 Å². The number of hydrogen-bond donors (Lipinski definition) is 1. The van der Waals surface area contributed by atoms with Crippen molar-refractivity contribution in [1.82, 2.24) is 10.2 Å². The van der Waals surface area contributed by atoms with Crippen LogP contribution < -0.4 is 10.1 Å². The van der Waals surface area contributed by atoms with Crippen molar-refractivity contribution >= 4 is 17.7 Å². The number of carbonyl (C=O) groups is 3. The molecule has 0 bridgehead atoms. The molecule has 0 radical (unpaired) electrons. The lowest BCUT2D eigenvalue weighted by atomic mass is 10.1. The normalized spacial score (nSPS) is 15.5. The Labute approximate surface area is 142 Å². The van der Waals surface area contributed by atoms with E-state index in [0.29, 0.717) is 0 Å². The van der Waals surface area contributed by atoms with Gasteiger partial charge in [0.25, 0.3) is 0 Å². The highest BCUT2D eigenvalue weighted by Gasteiger charge is 2.28. The predicted octanol–water partition coefficient (Wildman–Crippen LogP) is 1.67. The number of nitrogens with zero attached hydrogens (tertiary/aromatic N) is 1. The van der Waals surface area contributed by atoms with Gasteiger partial charge in [-0.3, -0.25) is 19.3 Å². The van der Waals surface area contributed by atoms with Crippen LogP contribution in [-0.2, 0) is 20.8 Å². The monoisotopic (exact) mass is 332 g/mol. The zero-order valence-corrected chi connectivity index (χ0v) is 14.2. The molecule has 0 aliphatic carbocycles. The molecule has 130 valence electrons. The summed E-state index contributed by atoms with van der Waals surface area (Å²) in [5.74, 6) is 0.330. The van der Waals surface area contributed by atoms with E-state index in [9.17, 15) is 14.4 Å². The number of rotatable bonds is 8. The third kappa shape index (κ3) is 5.08. The Bertz CT molecular complexity index is 582. The average molecular weight is 332 g/mol. The number of carbonyl (C=O) groups excluding carboxylic acids is 3. The molecular weight excluding hydrogens is 308 g/mol. The van der Waals surface area contributed by atoms with Crippen molar-refractivity contribution in [2.45, 2.75) is 45.1 Å². The summed E-state index contributed by atoms with van der Waals surface area (Å²) in [4.78, 5) is 36.1. The molecule has 1 aromatic rings. The predicted molar refractivity (Wildman–Crippen MR) is 89.5 cm³/mol. The van der Waals surface area contributed by atoms with E-state index >= 15 is 0 Å². The number of amides is 3. The van der Waals surface area contributed by atoms with Crippen LogP contribution in [0, 0.1) is 0 Å². The van der Waals surface area contributed by atoms with Gasteiger partial charge < -0.3 is 10.1 Å². The van der Waals surface area contributed by atoms with Crippen molar-refractivity contribution in [2.75, 3.05) is 13.7 Å². The van der Waals surface area contributed by atoms with Crippen LogP contribution in [0.1, 0.15) is 38.2 Å². The molecule has 1 aromatic carbocycles. The molecule has 1 saturated heterocycles. The van der Waals surface area contributed by atoms with Crippen LogP contribution in [0.3, 0.4) is 0 Å². The molecule has 1 N–H and O–H groups in total. The SMILES string of the molecule is COc1ccc(CC[C@@H](C)NC(=O)CCN2C(=O)CCC2=O)cc1. The highest BCUT2D eigenvalue weighted by atomic mass is 16.5. The first-order valence-corrected chi connectivity index (χ1v) is 8.25. The van der Waals surface area contributed by atoms with Crippen LogP contribution in [0.4, 0.5) is 0 Å². The first kappa shape index (κ1) is 18.0. The molecular formula is C18H24N2O4. The Morgan fingerprint density at radius 3 is 2.42 bits per heavy atom. The number of hydrogen-bond acceptors (Lipinski definition) is 4. The van der Waals surface area contributed by atoms with Gasteiger partial charge in [-0.1, -0.05) is 12.1 Å². The van der Waals surface area contributed by atoms with E-state index in [2.05, 4.69) is 5.32 Å². The van der Waals surface area contributed by atoms with Gasteiger partial charge >= 0.3 is 0 Å². The van der Waals surface area contributed by atoms with Crippen LogP contribution in [-0.4, -0.2) is 42.3 Å². The van der Waals surface area contributed by atoms with E-state index in [0.717, 1.165) is 18.6 Å². The summed E-state index contributed by atoms with van der Waals surface area (Å²) in [6.45, 7) is 2.13. The van der Waals surface area contributed by atoms with E-state index in [4.69, 9.17) is 4.74 Å². The number of likely N-dealkylation sites (tertiary alicyclic amines) is 1. The van der Waals surface area contributed by atoms with Gasteiger partial charge in [0.15, 0.2) is 0 Å². The Hall–Kier alpha value is -2.37. The largest absolute Gasteiger partial charge is 0.497 e. The summed E-state index contributed by atoms with van der Waals surface area (Å²) < 4.78 is 5.12. The number of aryl methyl sites for hydroxylation is 1. The third-order valence-electron chi connectivity index (χ3n) is 4.15. The molecule has 1 heterocycles. The Morgan fingerprint density at radius 2 is 1.83 bits per heavy atom. The van der Waals surface area contributed by atoms with Gasteiger partial charge in [0.2, 0.25) is 17.7 Å². The van der Waals surface area contributed by atoms with Gasteiger partial charge in [-0.2, -0.15) is 0 Å². The zero-order valence-electron chi connectivity index (χ0n) is 14.2. The fraction of sp³-hybridized carbons (Fsp3) is 0.500. The lowest BCUT2D eigenvalue weighted by Crippen LogP contribution is -2.37. The van der Waals surface area contributed by atoms with E-state index in [1.807, 2.05) is 31.2 Å². The van der Waals surface area contributed by atoms with E-state index in [1.54, 1.807) is 7.11 Å². The van der Waals surface area contributed by atoms with Crippen LogP contribution in [0.25, 0.3) is 0 Å². The summed E-state index contributed by atoms with van der Waals surface area (Å²) in [5.41, 5.74) is 1.19. The van der Waals surface area contributed by atoms with Crippen LogP contribution in [0.15, 0.2) is 24.3 Å². The highest BCUT2D eigenvalue weighted by Crippen LogP contribution is 2.14. The third-order valence-corrected chi connectivity index (χ3v) is 4.15. The minimum atomic E-state index is -0.180. The first-order chi connectivity index (χ1) is 11.5. The van der Waals surface area contributed by atoms with Crippen molar-refractivity contribution in [1.29, 1.82) is 0 Å². The Morgan fingerprint density at radius 1 is 1.21 bits per heavy atom. The lowest BCUT2D eigenvalue weighted by molar-refractivity contribution is -0.138. The summed E-state index contributed by atoms with van der Waals surface area (Å²) in [7, 11) is 1.63. The van der Waals surface area contributed by atoms with E-state index < -0.39 is 0 Å². The maximum Gasteiger partial charge on any atom is 0.229 e. The number of nitrogens with one attached hydrogen (secondary N) is 1. The van der Waals surface area contributed by atoms with Crippen LogP contribution >= 0.6 is 0 Å². The molecule has 3 amide bonds. The smallest absolute Gasteiger partial charge is 0.229 e. The zero-order chi connectivity index (χ0) is 17.5. The molecule has 0 spiro atoms. The van der Waals surface area contributed by atoms with Crippen molar-refractivity contribution in [3.05, 3.63) is 29.8 Å². The highest BCUT2D eigenvalue weighted by molar-refractivity contribution is 6.02. The van der Waals surface area contributed by atoms with Crippen molar-refractivity contribution in [3.63, 3.8) is 0 Å². The first-order valence-electron chi connectivity index (χ1n) is 8.25. The van der Waals surface area contributed by atoms with Crippen LogP contribution in [0.5, 0.6) is 5.75 Å². The molecule has 1 fully saturated rings. The second kappa shape index (κ2) is 8.47. The van der Waals surface area contributed by atoms with Gasteiger partial charge in [0.1, 0.15) is 5.75 Å². The summed E-state index contributed by atoms with van der Waals surface area (Å²) >= 11 is 0. The van der Waals surface area contributed by atoms with E-state index in [1.165, 1.54) is 10.5 Å². The summed E-state index contributed by atoms with van der Waals surface area (Å²) in [6, 6.07) is 7.89. The standard InChI is InChI=1S/C18H24N2O4/c1-13(3-4-14-5-7-15(24-2)8-6-14)19-16(21)11-12-20-17(22)9-10-18(20)23/h5-8,13H,3-4,9-12H2,1-2H3,(H,19,21)/t13-/m1/s1. The molecule has 1 atom stereocenters. The van der Waals surface area contributed by atoms with Crippen molar-refractivity contribution in [2.24, 2.45) is 0 Å². The second-order valence-corrected chi connectivity index (χ2v) is 6.04. The lowest BCUT2D eigenvalue weighted by Gasteiger charge is -2.16. The number of imide groups is 1. The fourth-order valence-electron chi connectivity index (χ4n) is 2.68. The quantitative estimate of drug-likeness (QED) is 0.735. The topological polar surface area (TPSA) is 75.7 Å². The molecule has 0 saturated carbocycles. The maximum atomic E-state index is 11.9. The Balaban J connectivity index is 1.69. The molecule has 0 unspecified atom stereocenters. The summed E-state index contributed by atoms with van der Waals surface area (Å²) in [5, 5.41) is 2.91. The molecule has 2 rings (SSSR count). The van der Waals surface area contributed by atoms with Gasteiger partial charge in [0, 0.05) is 31.8 Å². The molecule has 6 nitrogen and oxygen atoms in total. The number of methoxy groups -OCH3 is 1. The van der Waals surface area contributed by atoms with Gasteiger partial charge in [-0.15, -0.1) is 0 Å². The van der Waals surface area contributed by atoms with Gasteiger partial charge in [0.05, 0.1) is 7.11 Å². The molecule has 6 heteroatoms. The van der Waals surface area contributed by atoms with E-state index in [-0.39, 0.29) is 49.6 Å². The summed E-state index contributed by atoms with van der Waals surface area (Å²) in [6.07, 6.45) is 2.36. The van der Waals surface area contributed by atoms with Crippen molar-refractivity contribution in [3.8, 4) is 5.75 Å². The average Bonchev–Trinajstić information content (AvgIpc) is 2.90.